The largest absolute Gasteiger partial charge is 0.487 e. The summed E-state index contributed by atoms with van der Waals surface area (Å²) in [6, 6.07) is 5.19. The van der Waals surface area contributed by atoms with Gasteiger partial charge in [0.15, 0.2) is 11.6 Å². The molecule has 0 spiro atoms. The summed E-state index contributed by atoms with van der Waals surface area (Å²) in [7, 11) is 1.66. The van der Waals surface area contributed by atoms with E-state index in [1.165, 1.54) is 12.8 Å². The van der Waals surface area contributed by atoms with E-state index in [9.17, 15) is 4.39 Å². The molecular weight excluding hydrogens is 245 g/mol. The van der Waals surface area contributed by atoms with Gasteiger partial charge < -0.3 is 14.8 Å². The maximum atomic E-state index is 13.9. The molecule has 106 valence electrons. The molecule has 3 nitrogen and oxygen atoms in total. The van der Waals surface area contributed by atoms with Gasteiger partial charge >= 0.3 is 0 Å². The zero-order chi connectivity index (χ0) is 13.5. The summed E-state index contributed by atoms with van der Waals surface area (Å²) in [5.41, 5.74) is 0.923. The van der Waals surface area contributed by atoms with Crippen LogP contribution in [-0.4, -0.2) is 26.4 Å². The van der Waals surface area contributed by atoms with Crippen LogP contribution >= 0.6 is 0 Å². The molecule has 1 N–H and O–H groups in total. The van der Waals surface area contributed by atoms with Crippen molar-refractivity contribution in [3.63, 3.8) is 0 Å². The Morgan fingerprint density at radius 1 is 1.32 bits per heavy atom. The molecule has 19 heavy (non-hydrogen) atoms. The Morgan fingerprint density at radius 3 is 2.79 bits per heavy atom. The molecule has 0 aliphatic heterocycles. The third-order valence-corrected chi connectivity index (χ3v) is 3.40. The highest BCUT2D eigenvalue weighted by Crippen LogP contribution is 2.26. The number of methoxy groups -OCH3 is 1. The molecule has 0 amide bonds. The molecule has 1 aromatic carbocycles. The van der Waals surface area contributed by atoms with Crippen molar-refractivity contribution in [2.75, 3.05) is 20.3 Å². The fourth-order valence-electron chi connectivity index (χ4n) is 2.34. The lowest BCUT2D eigenvalue weighted by Gasteiger charge is -2.14. The second-order valence-electron chi connectivity index (χ2n) is 4.96. The van der Waals surface area contributed by atoms with Crippen molar-refractivity contribution in [3.05, 3.63) is 29.6 Å². The molecule has 0 radical (unpaired) electrons. The molecule has 1 aromatic rings. The molecule has 0 saturated heterocycles. The molecule has 1 fully saturated rings. The standard InChI is InChI=1S/C15H22FNO2/c1-18-9-8-17-11-12-6-7-15(14(16)10-12)19-13-4-2-3-5-13/h6-7,10,13,17H,2-5,8-9,11H2,1H3. The van der Waals surface area contributed by atoms with Gasteiger partial charge in [-0.2, -0.15) is 0 Å². The fourth-order valence-corrected chi connectivity index (χ4v) is 2.34. The molecule has 0 bridgehead atoms. The molecule has 0 aromatic heterocycles. The normalized spacial score (nSPS) is 15.9. The quantitative estimate of drug-likeness (QED) is 0.771. The lowest BCUT2D eigenvalue weighted by atomic mass is 10.2. The van der Waals surface area contributed by atoms with Crippen molar-refractivity contribution < 1.29 is 13.9 Å². The van der Waals surface area contributed by atoms with E-state index >= 15 is 0 Å². The lowest BCUT2D eigenvalue weighted by molar-refractivity contribution is 0.198. The van der Waals surface area contributed by atoms with Crippen LogP contribution in [0.3, 0.4) is 0 Å². The first-order chi connectivity index (χ1) is 9.29. The van der Waals surface area contributed by atoms with Crippen molar-refractivity contribution in [2.45, 2.75) is 38.3 Å². The van der Waals surface area contributed by atoms with Crippen molar-refractivity contribution >= 4 is 0 Å². The van der Waals surface area contributed by atoms with E-state index < -0.39 is 0 Å². The summed E-state index contributed by atoms with van der Waals surface area (Å²) in [4.78, 5) is 0. The summed E-state index contributed by atoms with van der Waals surface area (Å²) >= 11 is 0. The minimum Gasteiger partial charge on any atom is -0.487 e. The predicted molar refractivity (Wildman–Crippen MR) is 72.9 cm³/mol. The number of rotatable bonds is 7. The fraction of sp³-hybridized carbons (Fsp3) is 0.600. The number of ether oxygens (including phenoxy) is 2. The lowest BCUT2D eigenvalue weighted by Crippen LogP contribution is -2.18. The van der Waals surface area contributed by atoms with Crippen LogP contribution in [0.2, 0.25) is 0 Å². The highest BCUT2D eigenvalue weighted by atomic mass is 19.1. The summed E-state index contributed by atoms with van der Waals surface area (Å²) in [6.45, 7) is 2.06. The number of benzene rings is 1. The van der Waals surface area contributed by atoms with Crippen LogP contribution in [-0.2, 0) is 11.3 Å². The Labute approximate surface area is 114 Å². The van der Waals surface area contributed by atoms with Gasteiger partial charge in [-0.3, -0.25) is 0 Å². The summed E-state index contributed by atoms with van der Waals surface area (Å²) < 4.78 is 24.5. The van der Waals surface area contributed by atoms with E-state index in [2.05, 4.69) is 5.32 Å². The van der Waals surface area contributed by atoms with Gasteiger partial charge in [-0.15, -0.1) is 0 Å². The van der Waals surface area contributed by atoms with Crippen molar-refractivity contribution in [1.29, 1.82) is 0 Å². The van der Waals surface area contributed by atoms with Crippen LogP contribution in [0, 0.1) is 5.82 Å². The predicted octanol–water partition coefficient (Wildman–Crippen LogP) is 2.88. The molecule has 1 aliphatic rings. The van der Waals surface area contributed by atoms with Crippen LogP contribution in [0.5, 0.6) is 5.75 Å². The number of hydrogen-bond donors (Lipinski definition) is 1. The van der Waals surface area contributed by atoms with Crippen LogP contribution in [0.4, 0.5) is 4.39 Å². The third kappa shape index (κ3) is 4.48. The topological polar surface area (TPSA) is 30.5 Å². The minimum absolute atomic E-state index is 0.195. The van der Waals surface area contributed by atoms with Gasteiger partial charge in [0.1, 0.15) is 0 Å². The Kier molecular flexibility index (Phi) is 5.61. The Hall–Kier alpha value is -1.13. The van der Waals surface area contributed by atoms with Gasteiger partial charge in [0.05, 0.1) is 12.7 Å². The summed E-state index contributed by atoms with van der Waals surface area (Å²) in [5, 5.41) is 3.19. The smallest absolute Gasteiger partial charge is 0.165 e. The third-order valence-electron chi connectivity index (χ3n) is 3.40. The molecule has 0 atom stereocenters. The van der Waals surface area contributed by atoms with E-state index in [0.717, 1.165) is 24.9 Å². The Morgan fingerprint density at radius 2 is 2.11 bits per heavy atom. The average Bonchev–Trinajstić information content (AvgIpc) is 2.91. The van der Waals surface area contributed by atoms with E-state index in [0.29, 0.717) is 18.9 Å². The average molecular weight is 267 g/mol. The maximum absolute atomic E-state index is 13.9. The monoisotopic (exact) mass is 267 g/mol. The van der Waals surface area contributed by atoms with Crippen LogP contribution in [0.25, 0.3) is 0 Å². The molecular formula is C15H22FNO2. The molecule has 4 heteroatoms. The van der Waals surface area contributed by atoms with Crippen molar-refractivity contribution in [1.82, 2.24) is 5.32 Å². The summed E-state index contributed by atoms with van der Waals surface area (Å²) in [6.07, 6.45) is 4.65. The highest BCUT2D eigenvalue weighted by Gasteiger charge is 2.18. The van der Waals surface area contributed by atoms with E-state index in [4.69, 9.17) is 9.47 Å². The second-order valence-corrected chi connectivity index (χ2v) is 4.96. The van der Waals surface area contributed by atoms with E-state index in [1.807, 2.05) is 6.07 Å². The van der Waals surface area contributed by atoms with Crippen molar-refractivity contribution in [3.8, 4) is 5.75 Å². The van der Waals surface area contributed by atoms with Gasteiger partial charge in [-0.25, -0.2) is 4.39 Å². The van der Waals surface area contributed by atoms with E-state index in [1.54, 1.807) is 19.2 Å². The van der Waals surface area contributed by atoms with Gasteiger partial charge in [0.25, 0.3) is 0 Å². The first-order valence-electron chi connectivity index (χ1n) is 6.94. The van der Waals surface area contributed by atoms with Crippen LogP contribution < -0.4 is 10.1 Å². The zero-order valence-electron chi connectivity index (χ0n) is 11.5. The first-order valence-corrected chi connectivity index (χ1v) is 6.94. The molecule has 0 unspecified atom stereocenters. The zero-order valence-corrected chi connectivity index (χ0v) is 11.5. The SMILES string of the molecule is COCCNCc1ccc(OC2CCCC2)c(F)c1. The molecule has 2 rings (SSSR count). The molecule has 1 aliphatic carbocycles. The van der Waals surface area contributed by atoms with Gasteiger partial charge in [-0.05, 0) is 43.4 Å². The minimum atomic E-state index is -0.266. The molecule has 1 saturated carbocycles. The first kappa shape index (κ1) is 14.3. The van der Waals surface area contributed by atoms with Gasteiger partial charge in [-0.1, -0.05) is 6.07 Å². The van der Waals surface area contributed by atoms with E-state index in [-0.39, 0.29) is 11.9 Å². The Balaban J connectivity index is 1.85. The van der Waals surface area contributed by atoms with Crippen molar-refractivity contribution in [2.24, 2.45) is 0 Å². The van der Waals surface area contributed by atoms with Gasteiger partial charge in [0.2, 0.25) is 0 Å². The second kappa shape index (κ2) is 7.46. The van der Waals surface area contributed by atoms with Gasteiger partial charge in [0, 0.05) is 20.2 Å². The number of hydrogen-bond acceptors (Lipinski definition) is 3. The number of halogens is 1. The molecule has 0 heterocycles. The summed E-state index contributed by atoms with van der Waals surface area (Å²) in [5.74, 6) is 0.116. The highest BCUT2D eigenvalue weighted by molar-refractivity contribution is 5.29. The Bertz CT molecular complexity index is 392. The van der Waals surface area contributed by atoms with Crippen LogP contribution in [0.1, 0.15) is 31.2 Å². The number of nitrogens with one attached hydrogen (secondary N) is 1. The maximum Gasteiger partial charge on any atom is 0.165 e. The van der Waals surface area contributed by atoms with Crippen LogP contribution in [0.15, 0.2) is 18.2 Å².